The molecule has 0 saturated heterocycles. The van der Waals surface area contributed by atoms with Gasteiger partial charge in [-0.05, 0) is 48.9 Å². The van der Waals surface area contributed by atoms with E-state index in [1.54, 1.807) is 0 Å². The zero-order chi connectivity index (χ0) is 20.1. The van der Waals surface area contributed by atoms with Gasteiger partial charge in [0, 0.05) is 17.0 Å². The summed E-state index contributed by atoms with van der Waals surface area (Å²) in [5.41, 5.74) is 2.94. The van der Waals surface area contributed by atoms with Crippen molar-refractivity contribution in [2.75, 3.05) is 11.9 Å². The van der Waals surface area contributed by atoms with E-state index in [1.807, 2.05) is 31.2 Å². The summed E-state index contributed by atoms with van der Waals surface area (Å²) >= 11 is 0. The number of ether oxygens (including phenoxy) is 1. The summed E-state index contributed by atoms with van der Waals surface area (Å²) in [5, 5.41) is 3.05. The van der Waals surface area contributed by atoms with Gasteiger partial charge in [0.2, 0.25) is 5.91 Å². The topological polar surface area (TPSA) is 55.4 Å². The largest absolute Gasteiger partial charge is 0.465 e. The second kappa shape index (κ2) is 6.72. The third-order valence-electron chi connectivity index (χ3n) is 7.38. The van der Waals surface area contributed by atoms with E-state index in [0.717, 1.165) is 42.5 Å². The molecule has 2 aliphatic carbocycles. The molecule has 0 radical (unpaired) electrons. The number of amides is 1. The molecule has 0 unspecified atom stereocenters. The molecule has 0 aromatic heterocycles. The van der Waals surface area contributed by atoms with Crippen LogP contribution in [0.3, 0.4) is 0 Å². The van der Waals surface area contributed by atoms with Crippen LogP contribution in [0.4, 0.5) is 5.69 Å². The van der Waals surface area contributed by atoms with E-state index in [-0.39, 0.29) is 29.8 Å². The molecule has 0 bridgehead atoms. The van der Waals surface area contributed by atoms with Crippen LogP contribution in [-0.2, 0) is 26.2 Å². The summed E-state index contributed by atoms with van der Waals surface area (Å²) < 4.78 is 5.58. The number of esters is 1. The van der Waals surface area contributed by atoms with Crippen LogP contribution < -0.4 is 5.32 Å². The van der Waals surface area contributed by atoms with Gasteiger partial charge in [-0.15, -0.1) is 0 Å². The molecule has 4 nitrogen and oxygen atoms in total. The number of rotatable bonds is 2. The first kappa shape index (κ1) is 18.4. The smallest absolute Gasteiger partial charge is 0.322 e. The van der Waals surface area contributed by atoms with Crippen molar-refractivity contribution in [2.45, 2.75) is 56.8 Å². The van der Waals surface area contributed by atoms with Gasteiger partial charge in [-0.1, -0.05) is 61.7 Å². The molecule has 5 rings (SSSR count). The van der Waals surface area contributed by atoms with Crippen LogP contribution in [0.5, 0.6) is 0 Å². The number of para-hydroxylation sites is 1. The third-order valence-corrected chi connectivity index (χ3v) is 7.38. The molecule has 2 aromatic carbocycles. The zero-order valence-electron chi connectivity index (χ0n) is 16.9. The standard InChI is InChI=1S/C25H27NO3/c1-2-29-23(28)25-16-17-10-4-6-12-19(17)24(14-8-3-9-15-24)21(25)18-11-5-7-13-20(18)26-22(25)27/h4-7,10-13,21H,2-3,8-9,14-16H2,1H3,(H,26,27)/t21-,25-/m0/s1. The monoisotopic (exact) mass is 389 g/mol. The van der Waals surface area contributed by atoms with Gasteiger partial charge in [0.1, 0.15) is 0 Å². The maximum Gasteiger partial charge on any atom is 0.322 e. The Labute approximate surface area is 171 Å². The van der Waals surface area contributed by atoms with Gasteiger partial charge in [0.25, 0.3) is 0 Å². The van der Waals surface area contributed by atoms with Crippen LogP contribution in [0.15, 0.2) is 48.5 Å². The Morgan fingerprint density at radius 2 is 1.79 bits per heavy atom. The lowest BCUT2D eigenvalue weighted by Crippen LogP contribution is -2.61. The van der Waals surface area contributed by atoms with E-state index >= 15 is 0 Å². The molecule has 2 atom stereocenters. The van der Waals surface area contributed by atoms with Gasteiger partial charge in [-0.25, -0.2) is 0 Å². The lowest BCUT2D eigenvalue weighted by Gasteiger charge is -2.57. The van der Waals surface area contributed by atoms with Gasteiger partial charge in [-0.3, -0.25) is 9.59 Å². The average molecular weight is 389 g/mol. The molecular weight excluding hydrogens is 362 g/mol. The predicted molar refractivity (Wildman–Crippen MR) is 112 cm³/mol. The molecule has 4 heteroatoms. The Morgan fingerprint density at radius 1 is 1.07 bits per heavy atom. The minimum absolute atomic E-state index is 0.200. The molecule has 3 aliphatic rings. The molecule has 1 spiro atoms. The van der Waals surface area contributed by atoms with Crippen LogP contribution in [0, 0.1) is 5.41 Å². The van der Waals surface area contributed by atoms with Crippen molar-refractivity contribution in [3.05, 3.63) is 65.2 Å². The number of fused-ring (bicyclic) bond motifs is 6. The van der Waals surface area contributed by atoms with Crippen molar-refractivity contribution < 1.29 is 14.3 Å². The summed E-state index contributed by atoms with van der Waals surface area (Å²) in [6.07, 6.45) is 5.83. The van der Waals surface area contributed by atoms with E-state index in [4.69, 9.17) is 4.74 Å². The van der Waals surface area contributed by atoms with Crippen LogP contribution >= 0.6 is 0 Å². The number of nitrogens with one attached hydrogen (secondary N) is 1. The number of benzene rings is 2. The highest BCUT2D eigenvalue weighted by molar-refractivity contribution is 6.13. The highest BCUT2D eigenvalue weighted by Gasteiger charge is 2.66. The molecule has 1 fully saturated rings. The van der Waals surface area contributed by atoms with E-state index in [1.165, 1.54) is 12.0 Å². The number of hydrogen-bond donors (Lipinski definition) is 1. The molecule has 1 N–H and O–H groups in total. The summed E-state index contributed by atoms with van der Waals surface area (Å²) in [5.74, 6) is -0.787. The molecular formula is C25H27NO3. The van der Waals surface area contributed by atoms with Crippen LogP contribution in [-0.4, -0.2) is 18.5 Å². The number of carbonyl (C=O) groups excluding carboxylic acids is 2. The van der Waals surface area contributed by atoms with Crippen molar-refractivity contribution in [3.63, 3.8) is 0 Å². The Hall–Kier alpha value is -2.62. The van der Waals surface area contributed by atoms with Crippen LogP contribution in [0.25, 0.3) is 0 Å². The zero-order valence-corrected chi connectivity index (χ0v) is 16.9. The predicted octanol–water partition coefficient (Wildman–Crippen LogP) is 4.73. The first-order valence-corrected chi connectivity index (χ1v) is 10.8. The van der Waals surface area contributed by atoms with Gasteiger partial charge in [0.15, 0.2) is 5.41 Å². The second-order valence-corrected chi connectivity index (χ2v) is 8.72. The summed E-state index contributed by atoms with van der Waals surface area (Å²) in [6, 6.07) is 16.5. The van der Waals surface area contributed by atoms with Crippen molar-refractivity contribution in [3.8, 4) is 0 Å². The highest BCUT2D eigenvalue weighted by atomic mass is 16.5. The summed E-state index contributed by atoms with van der Waals surface area (Å²) in [4.78, 5) is 27.2. The fourth-order valence-corrected chi connectivity index (χ4v) is 6.34. The number of anilines is 1. The fourth-order valence-electron chi connectivity index (χ4n) is 6.34. The fraction of sp³-hybridized carbons (Fsp3) is 0.440. The maximum atomic E-state index is 13.7. The first-order valence-electron chi connectivity index (χ1n) is 10.8. The second-order valence-electron chi connectivity index (χ2n) is 8.72. The Morgan fingerprint density at radius 3 is 2.59 bits per heavy atom. The van der Waals surface area contributed by atoms with Gasteiger partial charge in [-0.2, -0.15) is 0 Å². The molecule has 1 amide bonds. The van der Waals surface area contributed by atoms with E-state index in [9.17, 15) is 9.59 Å². The van der Waals surface area contributed by atoms with Crippen LogP contribution in [0.1, 0.15) is 61.6 Å². The molecule has 1 heterocycles. The number of carbonyl (C=O) groups is 2. The molecule has 2 aromatic rings. The third kappa shape index (κ3) is 2.44. The van der Waals surface area contributed by atoms with E-state index in [0.29, 0.717) is 6.42 Å². The number of hydrogen-bond acceptors (Lipinski definition) is 3. The van der Waals surface area contributed by atoms with Crippen molar-refractivity contribution in [1.82, 2.24) is 0 Å². The average Bonchev–Trinajstić information content (AvgIpc) is 2.75. The molecule has 1 aliphatic heterocycles. The van der Waals surface area contributed by atoms with E-state index in [2.05, 4.69) is 29.6 Å². The Bertz CT molecular complexity index is 976. The quantitative estimate of drug-likeness (QED) is 0.597. The van der Waals surface area contributed by atoms with E-state index < -0.39 is 5.41 Å². The molecule has 150 valence electrons. The summed E-state index contributed by atoms with van der Waals surface area (Å²) in [6.45, 7) is 2.09. The van der Waals surface area contributed by atoms with Gasteiger partial charge < -0.3 is 10.1 Å². The van der Waals surface area contributed by atoms with Gasteiger partial charge in [0.05, 0.1) is 6.61 Å². The minimum atomic E-state index is -1.21. The lowest BCUT2D eigenvalue weighted by molar-refractivity contribution is -0.164. The SMILES string of the molecule is CCOC(=O)[C@@]12Cc3ccccc3C3(CCCCC3)[C@@H]1c1ccccc1NC2=O. The van der Waals surface area contributed by atoms with Crippen molar-refractivity contribution in [2.24, 2.45) is 5.41 Å². The molecule has 29 heavy (non-hydrogen) atoms. The van der Waals surface area contributed by atoms with Gasteiger partial charge >= 0.3 is 5.97 Å². The van der Waals surface area contributed by atoms with Crippen molar-refractivity contribution in [1.29, 1.82) is 0 Å². The van der Waals surface area contributed by atoms with Crippen molar-refractivity contribution >= 4 is 17.6 Å². The highest BCUT2D eigenvalue weighted by Crippen LogP contribution is 2.64. The lowest BCUT2D eigenvalue weighted by atomic mass is 9.46. The molecule has 1 saturated carbocycles. The maximum absolute atomic E-state index is 13.7. The Balaban J connectivity index is 1.84. The Kier molecular flexibility index (Phi) is 4.27. The first-order chi connectivity index (χ1) is 14.1. The summed E-state index contributed by atoms with van der Waals surface area (Å²) in [7, 11) is 0. The normalized spacial score (nSPS) is 26.7. The van der Waals surface area contributed by atoms with Crippen LogP contribution in [0.2, 0.25) is 0 Å². The minimum Gasteiger partial charge on any atom is -0.465 e.